The van der Waals surface area contributed by atoms with Crippen LogP contribution in [0.5, 0.6) is 0 Å². The molecule has 0 spiro atoms. The molecular weight excluding hydrogens is 260 g/mol. The standard InChI is InChI=1S/C14H21BFNO3/c1-20-10-11-4-6-17(7-5-11)9-12-2-3-14(16)13(8-12)15(18)19/h2-3,8,11,18-19H,4-7,9-10H2,1H3. The Kier molecular flexibility index (Phi) is 5.54. The van der Waals surface area contributed by atoms with Gasteiger partial charge in [-0.2, -0.15) is 0 Å². The lowest BCUT2D eigenvalue weighted by atomic mass is 9.79. The first kappa shape index (κ1) is 15.4. The number of hydrogen-bond acceptors (Lipinski definition) is 4. The Labute approximate surface area is 119 Å². The third kappa shape index (κ3) is 4.02. The lowest BCUT2D eigenvalue weighted by molar-refractivity contribution is 0.0968. The number of rotatable bonds is 5. The maximum atomic E-state index is 13.4. The maximum absolute atomic E-state index is 13.4. The van der Waals surface area contributed by atoms with Gasteiger partial charge in [-0.05, 0) is 43.5 Å². The van der Waals surface area contributed by atoms with Gasteiger partial charge in [-0.3, -0.25) is 4.90 Å². The normalized spacial score (nSPS) is 17.4. The van der Waals surface area contributed by atoms with Crippen LogP contribution in [-0.2, 0) is 11.3 Å². The summed E-state index contributed by atoms with van der Waals surface area (Å²) in [6.45, 7) is 3.50. The van der Waals surface area contributed by atoms with Gasteiger partial charge in [0.2, 0.25) is 0 Å². The summed E-state index contributed by atoms with van der Waals surface area (Å²) in [5, 5.41) is 18.2. The first-order valence-electron chi connectivity index (χ1n) is 6.96. The molecule has 1 saturated heterocycles. The summed E-state index contributed by atoms with van der Waals surface area (Å²) in [5.41, 5.74) is 0.844. The Morgan fingerprint density at radius 1 is 1.35 bits per heavy atom. The van der Waals surface area contributed by atoms with E-state index in [1.54, 1.807) is 13.2 Å². The maximum Gasteiger partial charge on any atom is 0.491 e. The molecule has 0 unspecified atom stereocenters. The van der Waals surface area contributed by atoms with Gasteiger partial charge in [0.05, 0.1) is 0 Å². The second-order valence-corrected chi connectivity index (χ2v) is 5.40. The first-order chi connectivity index (χ1) is 9.60. The molecule has 0 radical (unpaired) electrons. The van der Waals surface area contributed by atoms with Crippen LogP contribution in [0.15, 0.2) is 18.2 Å². The molecule has 0 aromatic heterocycles. The molecular formula is C14H21BFNO3. The Hall–Kier alpha value is -0.945. The van der Waals surface area contributed by atoms with Crippen molar-refractivity contribution >= 4 is 12.6 Å². The molecule has 2 rings (SSSR count). The largest absolute Gasteiger partial charge is 0.491 e. The number of halogens is 1. The molecule has 20 heavy (non-hydrogen) atoms. The highest BCUT2D eigenvalue weighted by Crippen LogP contribution is 2.19. The summed E-state index contributed by atoms with van der Waals surface area (Å²) in [6.07, 6.45) is 2.20. The Morgan fingerprint density at radius 3 is 2.65 bits per heavy atom. The van der Waals surface area contributed by atoms with Gasteiger partial charge < -0.3 is 14.8 Å². The smallest absolute Gasteiger partial charge is 0.423 e. The van der Waals surface area contributed by atoms with E-state index in [0.717, 1.165) is 38.1 Å². The molecule has 1 heterocycles. The van der Waals surface area contributed by atoms with Crippen LogP contribution in [0.2, 0.25) is 0 Å². The first-order valence-corrected chi connectivity index (χ1v) is 6.96. The van der Waals surface area contributed by atoms with Crippen LogP contribution in [0.25, 0.3) is 0 Å². The lowest BCUT2D eigenvalue weighted by Gasteiger charge is -2.31. The van der Waals surface area contributed by atoms with Gasteiger partial charge in [0.25, 0.3) is 0 Å². The Morgan fingerprint density at radius 2 is 2.05 bits per heavy atom. The second kappa shape index (κ2) is 7.17. The van der Waals surface area contributed by atoms with Crippen molar-refractivity contribution in [1.82, 2.24) is 4.90 Å². The van der Waals surface area contributed by atoms with Gasteiger partial charge in [-0.15, -0.1) is 0 Å². The van der Waals surface area contributed by atoms with E-state index in [0.29, 0.717) is 12.5 Å². The molecule has 2 N–H and O–H groups in total. The van der Waals surface area contributed by atoms with Crippen LogP contribution in [0.1, 0.15) is 18.4 Å². The molecule has 6 heteroatoms. The van der Waals surface area contributed by atoms with E-state index in [1.807, 2.05) is 0 Å². The van der Waals surface area contributed by atoms with E-state index in [2.05, 4.69) is 4.90 Å². The van der Waals surface area contributed by atoms with Gasteiger partial charge in [-0.1, -0.05) is 12.1 Å². The highest BCUT2D eigenvalue weighted by atomic mass is 19.1. The molecule has 1 aromatic carbocycles. The summed E-state index contributed by atoms with van der Waals surface area (Å²) in [5.74, 6) is 0.0434. The third-order valence-corrected chi connectivity index (χ3v) is 3.85. The average molecular weight is 281 g/mol. The zero-order valence-electron chi connectivity index (χ0n) is 11.8. The van der Waals surface area contributed by atoms with E-state index >= 15 is 0 Å². The van der Waals surface area contributed by atoms with Crippen molar-refractivity contribution in [2.45, 2.75) is 19.4 Å². The van der Waals surface area contributed by atoms with E-state index in [4.69, 9.17) is 14.8 Å². The van der Waals surface area contributed by atoms with Crippen LogP contribution in [-0.4, -0.2) is 48.9 Å². The van der Waals surface area contributed by atoms with Crippen molar-refractivity contribution in [3.63, 3.8) is 0 Å². The van der Waals surface area contributed by atoms with Crippen molar-refractivity contribution in [2.75, 3.05) is 26.8 Å². The molecule has 1 fully saturated rings. The Bertz CT molecular complexity index is 436. The van der Waals surface area contributed by atoms with Gasteiger partial charge in [0, 0.05) is 25.7 Å². The Balaban J connectivity index is 1.93. The van der Waals surface area contributed by atoms with Crippen molar-refractivity contribution in [2.24, 2.45) is 5.92 Å². The van der Waals surface area contributed by atoms with E-state index < -0.39 is 12.9 Å². The fraction of sp³-hybridized carbons (Fsp3) is 0.571. The monoisotopic (exact) mass is 281 g/mol. The van der Waals surface area contributed by atoms with Gasteiger partial charge in [0.15, 0.2) is 0 Å². The lowest BCUT2D eigenvalue weighted by Crippen LogP contribution is -2.36. The molecule has 1 aliphatic rings. The third-order valence-electron chi connectivity index (χ3n) is 3.85. The van der Waals surface area contributed by atoms with Crippen LogP contribution in [0, 0.1) is 11.7 Å². The average Bonchev–Trinajstić information content (AvgIpc) is 2.43. The highest BCUT2D eigenvalue weighted by molar-refractivity contribution is 6.58. The van der Waals surface area contributed by atoms with Gasteiger partial charge in [0.1, 0.15) is 5.82 Å². The predicted molar refractivity (Wildman–Crippen MR) is 76.1 cm³/mol. The fourth-order valence-corrected chi connectivity index (χ4v) is 2.69. The minimum absolute atomic E-state index is 0.0585. The number of hydrogen-bond donors (Lipinski definition) is 2. The molecule has 1 aromatic rings. The van der Waals surface area contributed by atoms with Gasteiger partial charge in [-0.25, -0.2) is 4.39 Å². The van der Waals surface area contributed by atoms with Crippen LogP contribution >= 0.6 is 0 Å². The highest BCUT2D eigenvalue weighted by Gasteiger charge is 2.21. The molecule has 110 valence electrons. The molecule has 0 aliphatic carbocycles. The number of ether oxygens (including phenoxy) is 1. The fourth-order valence-electron chi connectivity index (χ4n) is 2.69. The number of piperidine rings is 1. The van der Waals surface area contributed by atoms with E-state index in [1.165, 1.54) is 12.1 Å². The molecule has 0 saturated carbocycles. The summed E-state index contributed by atoms with van der Waals surface area (Å²) in [7, 11) is -0.0329. The van der Waals surface area contributed by atoms with Gasteiger partial charge >= 0.3 is 7.12 Å². The molecule has 1 aliphatic heterocycles. The van der Waals surface area contributed by atoms with E-state index in [-0.39, 0.29) is 5.46 Å². The molecule has 4 nitrogen and oxygen atoms in total. The quantitative estimate of drug-likeness (QED) is 0.765. The zero-order valence-corrected chi connectivity index (χ0v) is 11.8. The summed E-state index contributed by atoms with van der Waals surface area (Å²) in [4.78, 5) is 2.30. The summed E-state index contributed by atoms with van der Waals surface area (Å²) >= 11 is 0. The molecule has 0 atom stereocenters. The topological polar surface area (TPSA) is 52.9 Å². The molecule has 0 bridgehead atoms. The van der Waals surface area contributed by atoms with Crippen LogP contribution in [0.4, 0.5) is 4.39 Å². The predicted octanol–water partition coefficient (Wildman–Crippen LogP) is 0.364. The van der Waals surface area contributed by atoms with Crippen molar-refractivity contribution in [3.05, 3.63) is 29.6 Å². The number of methoxy groups -OCH3 is 1. The van der Waals surface area contributed by atoms with Crippen molar-refractivity contribution < 1.29 is 19.2 Å². The summed E-state index contributed by atoms with van der Waals surface area (Å²) < 4.78 is 18.6. The van der Waals surface area contributed by atoms with E-state index in [9.17, 15) is 4.39 Å². The second-order valence-electron chi connectivity index (χ2n) is 5.40. The zero-order chi connectivity index (χ0) is 14.5. The SMILES string of the molecule is COCC1CCN(Cc2ccc(F)c(B(O)O)c2)CC1. The number of likely N-dealkylation sites (tertiary alicyclic amines) is 1. The molecule has 0 amide bonds. The van der Waals surface area contributed by atoms with Crippen LogP contribution in [0.3, 0.4) is 0 Å². The minimum atomic E-state index is -1.76. The minimum Gasteiger partial charge on any atom is -0.423 e. The number of nitrogens with zero attached hydrogens (tertiary/aromatic N) is 1. The van der Waals surface area contributed by atoms with Crippen molar-refractivity contribution in [1.29, 1.82) is 0 Å². The summed E-state index contributed by atoms with van der Waals surface area (Å²) in [6, 6.07) is 4.52. The number of benzene rings is 1. The van der Waals surface area contributed by atoms with Crippen LogP contribution < -0.4 is 5.46 Å². The van der Waals surface area contributed by atoms with Crippen molar-refractivity contribution in [3.8, 4) is 0 Å².